The molecule has 0 bridgehead atoms. The Morgan fingerprint density at radius 3 is 3.00 bits per heavy atom. The molecule has 8 nitrogen and oxygen atoms in total. The quantitative estimate of drug-likeness (QED) is 0.811. The third-order valence-corrected chi connectivity index (χ3v) is 5.09. The van der Waals surface area contributed by atoms with Crippen LogP contribution < -0.4 is 5.56 Å². The highest BCUT2D eigenvalue weighted by Gasteiger charge is 2.38. The first-order valence-electron chi connectivity index (χ1n) is 8.70. The van der Waals surface area contributed by atoms with Crippen molar-refractivity contribution in [1.82, 2.24) is 19.4 Å². The molecule has 0 N–H and O–H groups in total. The van der Waals surface area contributed by atoms with Gasteiger partial charge in [-0.15, -0.1) is 0 Å². The predicted molar refractivity (Wildman–Crippen MR) is 93.8 cm³/mol. The van der Waals surface area contributed by atoms with Gasteiger partial charge in [0.15, 0.2) is 0 Å². The van der Waals surface area contributed by atoms with Gasteiger partial charge in [-0.3, -0.25) is 19.1 Å². The Kier molecular flexibility index (Phi) is 4.10. The number of piperazine rings is 1. The Morgan fingerprint density at radius 2 is 2.15 bits per heavy atom. The van der Waals surface area contributed by atoms with Crippen LogP contribution in [-0.4, -0.2) is 63.6 Å². The van der Waals surface area contributed by atoms with Crippen molar-refractivity contribution in [3.05, 3.63) is 40.4 Å². The first-order chi connectivity index (χ1) is 12.5. The average molecular weight is 356 g/mol. The van der Waals surface area contributed by atoms with Gasteiger partial charge in [0.1, 0.15) is 6.61 Å². The van der Waals surface area contributed by atoms with E-state index in [0.29, 0.717) is 37.1 Å². The molecule has 2 saturated heterocycles. The molecule has 2 aliphatic rings. The van der Waals surface area contributed by atoms with E-state index >= 15 is 0 Å². The number of rotatable bonds is 3. The van der Waals surface area contributed by atoms with Crippen molar-refractivity contribution < 1.29 is 14.3 Å². The summed E-state index contributed by atoms with van der Waals surface area (Å²) in [5.74, 6) is -0.0276. The van der Waals surface area contributed by atoms with Gasteiger partial charge in [0.25, 0.3) is 5.56 Å². The fourth-order valence-corrected chi connectivity index (χ4v) is 3.59. The molecule has 1 atom stereocenters. The van der Waals surface area contributed by atoms with E-state index in [9.17, 15) is 14.4 Å². The van der Waals surface area contributed by atoms with Crippen LogP contribution in [0.4, 0.5) is 4.79 Å². The molecule has 0 radical (unpaired) electrons. The lowest BCUT2D eigenvalue weighted by Crippen LogP contribution is -2.53. The first kappa shape index (κ1) is 16.6. The normalized spacial score (nSPS) is 19.6. The highest BCUT2D eigenvalue weighted by atomic mass is 16.6. The molecule has 26 heavy (non-hydrogen) atoms. The number of nitrogens with zero attached hydrogens (tertiary/aromatic N) is 4. The van der Waals surface area contributed by atoms with Crippen LogP contribution in [0.25, 0.3) is 10.9 Å². The largest absolute Gasteiger partial charge is 0.447 e. The molecule has 1 unspecified atom stereocenters. The Morgan fingerprint density at radius 1 is 1.31 bits per heavy atom. The van der Waals surface area contributed by atoms with Crippen LogP contribution in [-0.2, 0) is 16.1 Å². The molecule has 2 aliphatic heterocycles. The van der Waals surface area contributed by atoms with E-state index in [1.165, 1.54) is 10.9 Å². The summed E-state index contributed by atoms with van der Waals surface area (Å²) >= 11 is 0. The van der Waals surface area contributed by atoms with Crippen molar-refractivity contribution in [2.24, 2.45) is 0 Å². The molecule has 2 aromatic rings. The van der Waals surface area contributed by atoms with E-state index in [-0.39, 0.29) is 36.6 Å². The summed E-state index contributed by atoms with van der Waals surface area (Å²) < 4.78 is 6.50. The van der Waals surface area contributed by atoms with Gasteiger partial charge in [0, 0.05) is 32.6 Å². The number of amides is 2. The molecule has 136 valence electrons. The number of hydrogen-bond donors (Lipinski definition) is 0. The zero-order valence-electron chi connectivity index (χ0n) is 14.6. The average Bonchev–Trinajstić information content (AvgIpc) is 3.02. The molecule has 1 aromatic carbocycles. The van der Waals surface area contributed by atoms with Gasteiger partial charge < -0.3 is 9.64 Å². The summed E-state index contributed by atoms with van der Waals surface area (Å²) in [6, 6.07) is 5.44. The smallest absolute Gasteiger partial charge is 0.410 e. The fraction of sp³-hybridized carbons (Fsp3) is 0.444. The van der Waals surface area contributed by atoms with Gasteiger partial charge in [-0.2, -0.15) is 0 Å². The molecule has 2 amide bonds. The summed E-state index contributed by atoms with van der Waals surface area (Å²) in [4.78, 5) is 44.4. The number of hydrogen-bond acceptors (Lipinski definition) is 5. The SMILES string of the molecule is Cc1cccc2c(=O)n(CCC(=O)N3CCN4C(=O)OCC4C3)cnc12. The van der Waals surface area contributed by atoms with Crippen LogP contribution in [0.2, 0.25) is 0 Å². The number of ether oxygens (including phenoxy) is 1. The Hall–Kier alpha value is -2.90. The highest BCUT2D eigenvalue weighted by Crippen LogP contribution is 2.18. The van der Waals surface area contributed by atoms with E-state index in [0.717, 1.165) is 5.56 Å². The zero-order chi connectivity index (χ0) is 18.3. The number of aromatic nitrogens is 2. The number of cyclic esters (lactones) is 1. The molecule has 0 aliphatic carbocycles. The number of aryl methyl sites for hydroxylation is 2. The molecule has 8 heteroatoms. The second-order valence-electron chi connectivity index (χ2n) is 6.73. The van der Waals surface area contributed by atoms with Crippen LogP contribution in [0.15, 0.2) is 29.3 Å². The third-order valence-electron chi connectivity index (χ3n) is 5.09. The number of carbonyl (C=O) groups is 2. The number of fused-ring (bicyclic) bond motifs is 2. The Balaban J connectivity index is 1.44. The minimum Gasteiger partial charge on any atom is -0.447 e. The van der Waals surface area contributed by atoms with E-state index in [2.05, 4.69) is 4.98 Å². The maximum atomic E-state index is 12.6. The molecule has 3 heterocycles. The predicted octanol–water partition coefficient (Wildman–Crippen LogP) is 0.758. The minimum atomic E-state index is -0.300. The van der Waals surface area contributed by atoms with Crippen molar-refractivity contribution in [3.63, 3.8) is 0 Å². The van der Waals surface area contributed by atoms with Crippen LogP contribution in [0.1, 0.15) is 12.0 Å². The van der Waals surface area contributed by atoms with Crippen molar-refractivity contribution in [2.75, 3.05) is 26.2 Å². The van der Waals surface area contributed by atoms with Gasteiger partial charge in [-0.25, -0.2) is 9.78 Å². The first-order valence-corrected chi connectivity index (χ1v) is 8.70. The van der Waals surface area contributed by atoms with Crippen LogP contribution in [0, 0.1) is 6.92 Å². The molecule has 4 rings (SSSR count). The number of benzene rings is 1. The minimum absolute atomic E-state index is 0.0276. The Bertz CT molecular complexity index is 938. The maximum Gasteiger partial charge on any atom is 0.410 e. The third kappa shape index (κ3) is 2.81. The molecule has 2 fully saturated rings. The lowest BCUT2D eigenvalue weighted by atomic mass is 10.1. The summed E-state index contributed by atoms with van der Waals surface area (Å²) in [5.41, 5.74) is 1.52. The lowest BCUT2D eigenvalue weighted by molar-refractivity contribution is -0.133. The summed E-state index contributed by atoms with van der Waals surface area (Å²) in [5, 5.41) is 0.565. The van der Waals surface area contributed by atoms with Gasteiger partial charge in [-0.05, 0) is 18.6 Å². The molecule has 0 spiro atoms. The Labute approximate surface area is 150 Å². The topological polar surface area (TPSA) is 84.7 Å². The standard InChI is InChI=1S/C18H20N4O4/c1-12-3-2-4-14-16(12)19-11-21(17(14)24)6-5-15(23)20-7-8-22-13(9-20)10-26-18(22)25/h2-4,11,13H,5-10H2,1H3. The van der Waals surface area contributed by atoms with Gasteiger partial charge in [-0.1, -0.05) is 12.1 Å². The van der Waals surface area contributed by atoms with E-state index in [1.807, 2.05) is 19.1 Å². The number of para-hydroxylation sites is 1. The van der Waals surface area contributed by atoms with Gasteiger partial charge in [0.2, 0.25) is 5.91 Å². The summed E-state index contributed by atoms with van der Waals surface area (Å²) in [6.07, 6.45) is 1.43. The van der Waals surface area contributed by atoms with Crippen LogP contribution in [0.3, 0.4) is 0 Å². The second-order valence-corrected chi connectivity index (χ2v) is 6.73. The van der Waals surface area contributed by atoms with E-state index < -0.39 is 0 Å². The van der Waals surface area contributed by atoms with Crippen molar-refractivity contribution in [2.45, 2.75) is 25.9 Å². The van der Waals surface area contributed by atoms with Crippen LogP contribution in [0.5, 0.6) is 0 Å². The number of carbonyl (C=O) groups excluding carboxylic acids is 2. The van der Waals surface area contributed by atoms with E-state index in [4.69, 9.17) is 4.74 Å². The van der Waals surface area contributed by atoms with Crippen molar-refractivity contribution >= 4 is 22.9 Å². The maximum absolute atomic E-state index is 12.6. The molecule has 0 saturated carbocycles. The monoisotopic (exact) mass is 356 g/mol. The van der Waals surface area contributed by atoms with Gasteiger partial charge >= 0.3 is 6.09 Å². The fourth-order valence-electron chi connectivity index (χ4n) is 3.59. The second kappa shape index (κ2) is 6.44. The zero-order valence-corrected chi connectivity index (χ0v) is 14.6. The molecular weight excluding hydrogens is 336 g/mol. The van der Waals surface area contributed by atoms with Gasteiger partial charge in [0.05, 0.1) is 23.3 Å². The summed E-state index contributed by atoms with van der Waals surface area (Å²) in [6.45, 7) is 4.00. The van der Waals surface area contributed by atoms with E-state index in [1.54, 1.807) is 15.9 Å². The lowest BCUT2D eigenvalue weighted by Gasteiger charge is -2.35. The highest BCUT2D eigenvalue weighted by molar-refractivity contribution is 5.80. The summed E-state index contributed by atoms with van der Waals surface area (Å²) in [7, 11) is 0. The molecular formula is C18H20N4O4. The molecule has 1 aromatic heterocycles. The van der Waals surface area contributed by atoms with Crippen LogP contribution >= 0.6 is 0 Å². The van der Waals surface area contributed by atoms with Crippen molar-refractivity contribution in [3.8, 4) is 0 Å². The van der Waals surface area contributed by atoms with Crippen molar-refractivity contribution in [1.29, 1.82) is 0 Å².